The van der Waals surface area contributed by atoms with E-state index in [4.69, 9.17) is 11.6 Å². The van der Waals surface area contributed by atoms with Gasteiger partial charge in [-0.25, -0.2) is 0 Å². The first-order chi connectivity index (χ1) is 11.0. The Balaban J connectivity index is 1.51. The molecular formula is C16H20ClN3O3. The van der Waals surface area contributed by atoms with Crippen molar-refractivity contribution in [3.63, 3.8) is 0 Å². The molecule has 0 spiro atoms. The number of nitro groups is 1. The van der Waals surface area contributed by atoms with Crippen LogP contribution in [-0.2, 0) is 0 Å². The normalized spacial score (nSPS) is 17.3. The van der Waals surface area contributed by atoms with Gasteiger partial charge in [-0.05, 0) is 37.7 Å². The van der Waals surface area contributed by atoms with Crippen molar-refractivity contribution in [3.8, 4) is 0 Å². The Labute approximate surface area is 139 Å². The van der Waals surface area contributed by atoms with Gasteiger partial charge in [0.1, 0.15) is 0 Å². The van der Waals surface area contributed by atoms with E-state index < -0.39 is 4.92 Å². The molecule has 1 aromatic rings. The summed E-state index contributed by atoms with van der Waals surface area (Å²) in [6, 6.07) is 4.60. The van der Waals surface area contributed by atoms with E-state index in [1.165, 1.54) is 43.9 Å². The fraction of sp³-hybridized carbons (Fsp3) is 0.562. The summed E-state index contributed by atoms with van der Waals surface area (Å²) < 4.78 is 0. The molecule has 0 saturated heterocycles. The predicted octanol–water partition coefficient (Wildman–Crippen LogP) is 2.85. The number of hydrogen-bond donors (Lipinski definition) is 1. The van der Waals surface area contributed by atoms with Crippen LogP contribution in [0.15, 0.2) is 18.2 Å². The first-order valence-electron chi connectivity index (χ1n) is 8.01. The van der Waals surface area contributed by atoms with Gasteiger partial charge in [0.15, 0.2) is 0 Å². The Morgan fingerprint density at radius 1 is 1.35 bits per heavy atom. The lowest BCUT2D eigenvalue weighted by Crippen LogP contribution is -2.37. The standard InChI is InChI=1S/C16H20ClN3O3/c17-15-9-13(20(22)23)5-6-14(15)16(21)18-7-8-19(12-3-4-12)10-11-1-2-11/h5-6,9,11-12H,1-4,7-8,10H2,(H,18,21). The second-order valence-corrected chi connectivity index (χ2v) is 6.75. The molecule has 6 nitrogen and oxygen atoms in total. The van der Waals surface area contributed by atoms with Crippen molar-refractivity contribution in [1.29, 1.82) is 0 Å². The third kappa shape index (κ3) is 4.42. The number of carbonyl (C=O) groups is 1. The fourth-order valence-corrected chi connectivity index (χ4v) is 2.97. The molecule has 2 saturated carbocycles. The lowest BCUT2D eigenvalue weighted by atomic mass is 10.2. The molecule has 2 aliphatic carbocycles. The molecular weight excluding hydrogens is 318 g/mol. The van der Waals surface area contributed by atoms with Crippen molar-refractivity contribution in [3.05, 3.63) is 38.9 Å². The molecule has 1 aromatic carbocycles. The van der Waals surface area contributed by atoms with E-state index in [1.807, 2.05) is 0 Å². The fourth-order valence-electron chi connectivity index (χ4n) is 2.70. The average Bonchev–Trinajstić information content (AvgIpc) is 3.38. The van der Waals surface area contributed by atoms with E-state index in [-0.39, 0.29) is 22.2 Å². The molecule has 1 N–H and O–H groups in total. The summed E-state index contributed by atoms with van der Waals surface area (Å²) in [4.78, 5) is 24.8. The molecule has 124 valence electrons. The largest absolute Gasteiger partial charge is 0.351 e. The Morgan fingerprint density at radius 3 is 2.65 bits per heavy atom. The van der Waals surface area contributed by atoms with Gasteiger partial charge in [0.2, 0.25) is 0 Å². The van der Waals surface area contributed by atoms with Crippen molar-refractivity contribution in [2.45, 2.75) is 31.7 Å². The molecule has 1 amide bonds. The van der Waals surface area contributed by atoms with Gasteiger partial charge >= 0.3 is 0 Å². The lowest BCUT2D eigenvalue weighted by Gasteiger charge is -2.21. The van der Waals surface area contributed by atoms with Gasteiger partial charge in [0.05, 0.1) is 15.5 Å². The molecule has 0 aromatic heterocycles. The van der Waals surface area contributed by atoms with E-state index >= 15 is 0 Å². The highest BCUT2D eigenvalue weighted by atomic mass is 35.5. The third-order valence-corrected chi connectivity index (χ3v) is 4.66. The van der Waals surface area contributed by atoms with Gasteiger partial charge in [-0.2, -0.15) is 0 Å². The number of halogens is 1. The number of benzene rings is 1. The van der Waals surface area contributed by atoms with Crippen LogP contribution in [0.4, 0.5) is 5.69 Å². The zero-order valence-electron chi connectivity index (χ0n) is 12.8. The minimum absolute atomic E-state index is 0.105. The van der Waals surface area contributed by atoms with Gasteiger partial charge in [0, 0.05) is 37.8 Å². The average molecular weight is 338 g/mol. The highest BCUT2D eigenvalue weighted by Gasteiger charge is 2.33. The number of nitrogens with one attached hydrogen (secondary N) is 1. The van der Waals surface area contributed by atoms with Crippen LogP contribution in [0.1, 0.15) is 36.0 Å². The van der Waals surface area contributed by atoms with E-state index in [0.717, 1.165) is 19.0 Å². The van der Waals surface area contributed by atoms with Crippen LogP contribution >= 0.6 is 11.6 Å². The molecule has 7 heteroatoms. The monoisotopic (exact) mass is 337 g/mol. The quantitative estimate of drug-likeness (QED) is 0.584. The minimum atomic E-state index is -0.529. The van der Waals surface area contributed by atoms with Gasteiger partial charge in [-0.15, -0.1) is 0 Å². The number of amides is 1. The molecule has 23 heavy (non-hydrogen) atoms. The SMILES string of the molecule is O=C(NCCN(CC1CC1)C1CC1)c1ccc([N+](=O)[O-])cc1Cl. The van der Waals surface area contributed by atoms with Gasteiger partial charge in [0.25, 0.3) is 11.6 Å². The second-order valence-electron chi connectivity index (χ2n) is 6.35. The highest BCUT2D eigenvalue weighted by molar-refractivity contribution is 6.34. The smallest absolute Gasteiger partial charge is 0.270 e. The first-order valence-corrected chi connectivity index (χ1v) is 8.38. The van der Waals surface area contributed by atoms with Crippen molar-refractivity contribution in [1.82, 2.24) is 10.2 Å². The van der Waals surface area contributed by atoms with Crippen LogP contribution < -0.4 is 5.32 Å². The van der Waals surface area contributed by atoms with E-state index in [9.17, 15) is 14.9 Å². The van der Waals surface area contributed by atoms with E-state index in [2.05, 4.69) is 10.2 Å². The van der Waals surface area contributed by atoms with E-state index in [1.54, 1.807) is 0 Å². The highest BCUT2D eigenvalue weighted by Crippen LogP contribution is 2.34. The summed E-state index contributed by atoms with van der Waals surface area (Å²) in [5.74, 6) is 0.558. The molecule has 3 rings (SSSR count). The maximum absolute atomic E-state index is 12.2. The van der Waals surface area contributed by atoms with Crippen molar-refractivity contribution in [2.75, 3.05) is 19.6 Å². The van der Waals surface area contributed by atoms with Crippen LogP contribution in [0.2, 0.25) is 5.02 Å². The zero-order valence-corrected chi connectivity index (χ0v) is 13.6. The summed E-state index contributed by atoms with van der Waals surface area (Å²) >= 11 is 5.97. The molecule has 0 atom stereocenters. The molecule has 0 radical (unpaired) electrons. The summed E-state index contributed by atoms with van der Waals surface area (Å²) in [6.45, 7) is 2.55. The molecule has 0 aliphatic heterocycles. The second kappa shape index (κ2) is 6.84. The minimum Gasteiger partial charge on any atom is -0.351 e. The number of hydrogen-bond acceptors (Lipinski definition) is 4. The van der Waals surface area contributed by atoms with Crippen molar-refractivity contribution in [2.24, 2.45) is 5.92 Å². The molecule has 0 unspecified atom stereocenters. The Bertz CT molecular complexity index is 615. The predicted molar refractivity (Wildman–Crippen MR) is 87.8 cm³/mol. The Kier molecular flexibility index (Phi) is 4.82. The molecule has 0 heterocycles. The summed E-state index contributed by atoms with van der Waals surface area (Å²) in [5.41, 5.74) is 0.160. The Hall–Kier alpha value is -1.66. The van der Waals surface area contributed by atoms with Crippen LogP contribution in [0, 0.1) is 16.0 Å². The van der Waals surface area contributed by atoms with Gasteiger partial charge < -0.3 is 5.32 Å². The van der Waals surface area contributed by atoms with Crippen molar-refractivity contribution >= 4 is 23.2 Å². The lowest BCUT2D eigenvalue weighted by molar-refractivity contribution is -0.384. The first kappa shape index (κ1) is 16.2. The Morgan fingerprint density at radius 2 is 2.09 bits per heavy atom. The topological polar surface area (TPSA) is 75.5 Å². The maximum Gasteiger partial charge on any atom is 0.270 e. The van der Waals surface area contributed by atoms with Gasteiger partial charge in [-0.1, -0.05) is 11.6 Å². The van der Waals surface area contributed by atoms with E-state index in [0.29, 0.717) is 12.6 Å². The third-order valence-electron chi connectivity index (χ3n) is 4.35. The zero-order chi connectivity index (χ0) is 16.4. The van der Waals surface area contributed by atoms with Gasteiger partial charge in [-0.3, -0.25) is 19.8 Å². The van der Waals surface area contributed by atoms with Crippen LogP contribution in [0.25, 0.3) is 0 Å². The number of nitrogens with zero attached hydrogens (tertiary/aromatic N) is 2. The van der Waals surface area contributed by atoms with Crippen LogP contribution in [-0.4, -0.2) is 41.4 Å². The summed E-state index contributed by atoms with van der Waals surface area (Å²) in [5, 5.41) is 13.7. The maximum atomic E-state index is 12.2. The molecule has 0 bridgehead atoms. The summed E-state index contributed by atoms with van der Waals surface area (Å²) in [7, 11) is 0. The number of carbonyl (C=O) groups excluding carboxylic acids is 1. The number of nitro benzene ring substituents is 1. The number of rotatable bonds is 8. The van der Waals surface area contributed by atoms with Crippen LogP contribution in [0.5, 0.6) is 0 Å². The summed E-state index contributed by atoms with van der Waals surface area (Å²) in [6.07, 6.45) is 5.17. The number of non-ortho nitro benzene ring substituents is 1. The molecule has 2 fully saturated rings. The molecule has 2 aliphatic rings. The van der Waals surface area contributed by atoms with Crippen molar-refractivity contribution < 1.29 is 9.72 Å². The van der Waals surface area contributed by atoms with Crippen LogP contribution in [0.3, 0.4) is 0 Å².